The Balaban J connectivity index is 1.54. The molecule has 3 atom stereocenters. The highest BCUT2D eigenvalue weighted by molar-refractivity contribution is 5.86. The molecule has 152 valence electrons. The van der Waals surface area contributed by atoms with Gasteiger partial charge in [0.05, 0.1) is 11.2 Å². The Kier molecular flexibility index (Phi) is 5.27. The minimum atomic E-state index is -0.810. The van der Waals surface area contributed by atoms with Crippen molar-refractivity contribution in [3.63, 3.8) is 0 Å². The molecule has 0 bridgehead atoms. The van der Waals surface area contributed by atoms with Crippen LogP contribution in [0.25, 0.3) is 10.9 Å². The Morgan fingerprint density at radius 2 is 1.96 bits per heavy atom. The van der Waals surface area contributed by atoms with E-state index >= 15 is 0 Å². The second kappa shape index (κ2) is 7.69. The first-order valence-corrected chi connectivity index (χ1v) is 9.98. The Bertz CT molecular complexity index is 859. The second-order valence-corrected chi connectivity index (χ2v) is 8.05. The van der Waals surface area contributed by atoms with Crippen LogP contribution in [0.1, 0.15) is 43.7 Å². The summed E-state index contributed by atoms with van der Waals surface area (Å²) < 4.78 is 1.85. The van der Waals surface area contributed by atoms with Gasteiger partial charge in [-0.05, 0) is 49.8 Å². The number of hydrogen-bond donors (Lipinski definition) is 4. The third-order valence-corrected chi connectivity index (χ3v) is 6.15. The lowest BCUT2D eigenvalue weighted by Gasteiger charge is -2.33. The predicted octanol–water partition coefficient (Wildman–Crippen LogP) is 1.37. The molecule has 8 heteroatoms. The number of aliphatic hydroxyl groups excluding tert-OH is 2. The van der Waals surface area contributed by atoms with Gasteiger partial charge in [-0.3, -0.25) is 14.8 Å². The predicted molar refractivity (Wildman–Crippen MR) is 105 cm³/mol. The quantitative estimate of drug-likeness (QED) is 0.626. The van der Waals surface area contributed by atoms with Crippen molar-refractivity contribution in [2.45, 2.75) is 50.5 Å². The number of fused-ring (bicyclic) bond motifs is 1. The first-order chi connectivity index (χ1) is 13.4. The number of benzene rings is 1. The van der Waals surface area contributed by atoms with Gasteiger partial charge in [0.1, 0.15) is 12.5 Å². The summed E-state index contributed by atoms with van der Waals surface area (Å²) >= 11 is 0. The van der Waals surface area contributed by atoms with E-state index in [-0.39, 0.29) is 18.3 Å². The maximum atomic E-state index is 10.9. The molecule has 2 saturated heterocycles. The summed E-state index contributed by atoms with van der Waals surface area (Å²) in [5.41, 5.74) is 2.99. The van der Waals surface area contributed by atoms with Gasteiger partial charge in [0, 0.05) is 43.5 Å². The molecule has 2 fully saturated rings. The fourth-order valence-corrected chi connectivity index (χ4v) is 4.56. The van der Waals surface area contributed by atoms with E-state index in [1.165, 1.54) is 0 Å². The summed E-state index contributed by atoms with van der Waals surface area (Å²) in [6.07, 6.45) is 1.83. The summed E-state index contributed by atoms with van der Waals surface area (Å²) in [5, 5.41) is 37.5. The lowest BCUT2D eigenvalue weighted by atomic mass is 9.91. The lowest BCUT2D eigenvalue weighted by molar-refractivity contribution is -0.138. The molecule has 0 aliphatic carbocycles. The van der Waals surface area contributed by atoms with Gasteiger partial charge in [0.25, 0.3) is 0 Å². The fourth-order valence-electron chi connectivity index (χ4n) is 4.56. The number of nitrogens with zero attached hydrogens (tertiary/aromatic N) is 3. The molecule has 0 radical (unpaired) electrons. The average Bonchev–Trinajstić information content (AvgIpc) is 2.98. The number of nitrogens with one attached hydrogen (secondary N) is 1. The zero-order valence-electron chi connectivity index (χ0n) is 16.1. The number of aliphatic hydroxyl groups is 2. The van der Waals surface area contributed by atoms with E-state index in [0.717, 1.165) is 48.2 Å². The number of aryl methyl sites for hydroxylation is 1. The Hall–Kier alpha value is -2.16. The first-order valence-electron chi connectivity index (χ1n) is 9.98. The summed E-state index contributed by atoms with van der Waals surface area (Å²) in [6.45, 7) is 1.72. The number of carbonyl (C=O) groups is 1. The lowest BCUT2D eigenvalue weighted by Crippen LogP contribution is -2.46. The summed E-state index contributed by atoms with van der Waals surface area (Å²) in [7, 11) is 1.91. The van der Waals surface area contributed by atoms with Gasteiger partial charge >= 0.3 is 5.97 Å². The van der Waals surface area contributed by atoms with Crippen LogP contribution in [0.5, 0.6) is 0 Å². The minimum Gasteiger partial charge on any atom is -0.481 e. The zero-order chi connectivity index (χ0) is 19.8. The van der Waals surface area contributed by atoms with E-state index < -0.39 is 18.4 Å². The van der Waals surface area contributed by atoms with Crippen molar-refractivity contribution in [2.24, 2.45) is 13.0 Å². The topological polar surface area (TPSA) is 111 Å². The maximum absolute atomic E-state index is 10.9. The number of aromatic nitrogens is 2. The maximum Gasteiger partial charge on any atom is 0.303 e. The smallest absolute Gasteiger partial charge is 0.303 e. The number of piperidine rings is 2. The van der Waals surface area contributed by atoms with Crippen molar-refractivity contribution in [3.8, 4) is 0 Å². The van der Waals surface area contributed by atoms with Crippen LogP contribution < -0.4 is 10.2 Å². The van der Waals surface area contributed by atoms with Crippen molar-refractivity contribution in [3.05, 3.63) is 23.9 Å². The second-order valence-electron chi connectivity index (χ2n) is 8.05. The standard InChI is InChI=1S/C20H28N4O4/c1-23-16-11-13(24-8-6-12(7-9-24)10-18(26)27)2-3-14(16)19(22-23)15-4-5-17(25)21-20(15)28/h2-3,11-12,15,17,20-21,25,28H,4-10H2,1H3,(H,26,27). The number of rotatable bonds is 4. The van der Waals surface area contributed by atoms with E-state index in [1.807, 2.05) is 11.7 Å². The van der Waals surface area contributed by atoms with E-state index in [2.05, 4.69) is 33.5 Å². The number of carboxylic acid groups (broad SMARTS) is 1. The van der Waals surface area contributed by atoms with E-state index in [0.29, 0.717) is 12.8 Å². The van der Waals surface area contributed by atoms with Crippen molar-refractivity contribution in [1.82, 2.24) is 15.1 Å². The van der Waals surface area contributed by atoms with Crippen LogP contribution in [0, 0.1) is 5.92 Å². The van der Waals surface area contributed by atoms with Gasteiger partial charge in [-0.15, -0.1) is 0 Å². The van der Waals surface area contributed by atoms with E-state index in [1.54, 1.807) is 0 Å². The van der Waals surface area contributed by atoms with Crippen LogP contribution in [0.2, 0.25) is 0 Å². The molecule has 28 heavy (non-hydrogen) atoms. The Labute approximate surface area is 163 Å². The molecule has 2 aromatic rings. The minimum absolute atomic E-state index is 0.148. The molecule has 2 aliphatic heterocycles. The largest absolute Gasteiger partial charge is 0.481 e. The fraction of sp³-hybridized carbons (Fsp3) is 0.600. The van der Waals surface area contributed by atoms with Crippen LogP contribution >= 0.6 is 0 Å². The molecule has 0 saturated carbocycles. The van der Waals surface area contributed by atoms with Gasteiger partial charge in [0.2, 0.25) is 0 Å². The number of anilines is 1. The highest BCUT2D eigenvalue weighted by atomic mass is 16.4. The summed E-state index contributed by atoms with van der Waals surface area (Å²) in [6, 6.07) is 6.28. The van der Waals surface area contributed by atoms with Crippen molar-refractivity contribution in [2.75, 3.05) is 18.0 Å². The molecular weight excluding hydrogens is 360 g/mol. The van der Waals surface area contributed by atoms with Crippen LogP contribution in [0.3, 0.4) is 0 Å². The van der Waals surface area contributed by atoms with Crippen LogP contribution in [-0.2, 0) is 11.8 Å². The van der Waals surface area contributed by atoms with Crippen molar-refractivity contribution in [1.29, 1.82) is 0 Å². The third-order valence-electron chi connectivity index (χ3n) is 6.15. The van der Waals surface area contributed by atoms with Gasteiger partial charge in [0.15, 0.2) is 0 Å². The Morgan fingerprint density at radius 1 is 1.21 bits per heavy atom. The molecule has 0 amide bonds. The first kappa shape index (κ1) is 19.2. The van der Waals surface area contributed by atoms with Gasteiger partial charge in [-0.2, -0.15) is 5.10 Å². The van der Waals surface area contributed by atoms with Gasteiger partial charge in [-0.1, -0.05) is 0 Å². The normalized spacial score (nSPS) is 26.7. The molecule has 2 aliphatic rings. The molecule has 4 N–H and O–H groups in total. The molecule has 8 nitrogen and oxygen atoms in total. The van der Waals surface area contributed by atoms with Crippen LogP contribution in [0.15, 0.2) is 18.2 Å². The Morgan fingerprint density at radius 3 is 2.64 bits per heavy atom. The van der Waals surface area contributed by atoms with Gasteiger partial charge < -0.3 is 20.2 Å². The monoisotopic (exact) mass is 388 g/mol. The molecule has 3 heterocycles. The zero-order valence-corrected chi connectivity index (χ0v) is 16.1. The summed E-state index contributed by atoms with van der Waals surface area (Å²) in [4.78, 5) is 13.2. The number of aliphatic carboxylic acids is 1. The third kappa shape index (κ3) is 3.72. The van der Waals surface area contributed by atoms with Crippen LogP contribution in [-0.4, -0.2) is 56.6 Å². The van der Waals surface area contributed by atoms with Gasteiger partial charge in [-0.25, -0.2) is 0 Å². The highest BCUT2D eigenvalue weighted by Crippen LogP contribution is 2.35. The molecule has 4 rings (SSSR count). The average molecular weight is 388 g/mol. The molecule has 0 spiro atoms. The molecule has 3 unspecified atom stereocenters. The summed E-state index contributed by atoms with van der Waals surface area (Å²) in [5.74, 6) is -0.602. The highest BCUT2D eigenvalue weighted by Gasteiger charge is 2.32. The molecule has 1 aromatic carbocycles. The number of carboxylic acids is 1. The van der Waals surface area contributed by atoms with Crippen molar-refractivity contribution < 1.29 is 20.1 Å². The van der Waals surface area contributed by atoms with Crippen molar-refractivity contribution >= 4 is 22.6 Å². The van der Waals surface area contributed by atoms with Crippen LogP contribution in [0.4, 0.5) is 5.69 Å². The molecule has 1 aromatic heterocycles. The van der Waals surface area contributed by atoms with E-state index in [4.69, 9.17) is 5.11 Å². The van der Waals surface area contributed by atoms with E-state index in [9.17, 15) is 15.0 Å². The number of hydrogen-bond acceptors (Lipinski definition) is 6. The SMILES string of the molecule is Cn1nc(C2CCC(O)NC2O)c2ccc(N3CCC(CC(=O)O)CC3)cc21. The molecular formula is C20H28N4O4.